The van der Waals surface area contributed by atoms with Crippen molar-refractivity contribution in [2.45, 2.75) is 33.9 Å². The molecule has 0 N–H and O–H groups in total. The topological polar surface area (TPSA) is 57.0 Å². The number of aromatic nitrogens is 3. The molecule has 0 aliphatic heterocycles. The molecule has 0 atom stereocenters. The quantitative estimate of drug-likeness (QED) is 0.786. The Kier molecular flexibility index (Phi) is 4.50. The molecule has 20 heavy (non-hydrogen) atoms. The predicted octanol–water partition coefficient (Wildman–Crippen LogP) is 2.60. The van der Waals surface area contributed by atoms with Gasteiger partial charge in [-0.25, -0.2) is 9.48 Å². The van der Waals surface area contributed by atoms with Crippen molar-refractivity contribution in [1.29, 1.82) is 0 Å². The van der Waals surface area contributed by atoms with Gasteiger partial charge in [-0.15, -0.1) is 5.10 Å². The van der Waals surface area contributed by atoms with E-state index in [9.17, 15) is 4.79 Å². The molecule has 0 fully saturated rings. The first-order valence-corrected chi connectivity index (χ1v) is 6.69. The monoisotopic (exact) mass is 273 g/mol. The van der Waals surface area contributed by atoms with E-state index in [0.717, 1.165) is 17.8 Å². The number of benzene rings is 1. The van der Waals surface area contributed by atoms with Gasteiger partial charge in [0.1, 0.15) is 6.61 Å². The van der Waals surface area contributed by atoms with Crippen LogP contribution in [0.15, 0.2) is 30.3 Å². The van der Waals surface area contributed by atoms with E-state index in [4.69, 9.17) is 4.74 Å². The number of nitrogens with zero attached hydrogens (tertiary/aromatic N) is 3. The van der Waals surface area contributed by atoms with Crippen LogP contribution in [0.1, 0.15) is 35.6 Å². The molecule has 0 aliphatic carbocycles. The van der Waals surface area contributed by atoms with Gasteiger partial charge in [0.15, 0.2) is 5.69 Å². The Bertz CT molecular complexity index is 576. The highest BCUT2D eigenvalue weighted by molar-refractivity contribution is 5.88. The molecular weight excluding hydrogens is 254 g/mol. The molecule has 2 rings (SSSR count). The lowest BCUT2D eigenvalue weighted by Gasteiger charge is -2.06. The first kappa shape index (κ1) is 14.2. The van der Waals surface area contributed by atoms with Gasteiger partial charge in [-0.1, -0.05) is 49.4 Å². The predicted molar refractivity (Wildman–Crippen MR) is 75.2 cm³/mol. The number of carbonyl (C=O) groups excluding carboxylic acids is 1. The summed E-state index contributed by atoms with van der Waals surface area (Å²) in [6.45, 7) is 7.01. The van der Waals surface area contributed by atoms with Gasteiger partial charge in [0.25, 0.3) is 0 Å². The fraction of sp³-hybridized carbons (Fsp3) is 0.400. The average Bonchev–Trinajstić information content (AvgIpc) is 2.78. The zero-order valence-electron chi connectivity index (χ0n) is 12.0. The molecule has 0 amide bonds. The summed E-state index contributed by atoms with van der Waals surface area (Å²) >= 11 is 0. The van der Waals surface area contributed by atoms with Crippen LogP contribution in [0, 0.1) is 12.8 Å². The average molecular weight is 273 g/mol. The maximum absolute atomic E-state index is 12.0. The van der Waals surface area contributed by atoms with Crippen molar-refractivity contribution in [2.75, 3.05) is 0 Å². The highest BCUT2D eigenvalue weighted by Crippen LogP contribution is 2.10. The molecule has 1 heterocycles. The summed E-state index contributed by atoms with van der Waals surface area (Å²) in [6, 6.07) is 9.57. The van der Waals surface area contributed by atoms with Gasteiger partial charge in [-0.2, -0.15) is 0 Å². The van der Waals surface area contributed by atoms with E-state index in [1.165, 1.54) is 0 Å². The van der Waals surface area contributed by atoms with Gasteiger partial charge >= 0.3 is 5.97 Å². The Hall–Kier alpha value is -2.17. The lowest BCUT2D eigenvalue weighted by Crippen LogP contribution is -2.10. The number of ether oxygens (including phenoxy) is 1. The van der Waals surface area contributed by atoms with Crippen molar-refractivity contribution in [2.24, 2.45) is 5.92 Å². The first-order chi connectivity index (χ1) is 9.58. The molecule has 0 spiro atoms. The third kappa shape index (κ3) is 3.44. The van der Waals surface area contributed by atoms with Crippen LogP contribution in [0.5, 0.6) is 0 Å². The van der Waals surface area contributed by atoms with Crippen molar-refractivity contribution in [3.05, 3.63) is 47.3 Å². The van der Waals surface area contributed by atoms with Crippen LogP contribution < -0.4 is 0 Å². The molecule has 106 valence electrons. The third-order valence-electron chi connectivity index (χ3n) is 2.93. The lowest BCUT2D eigenvalue weighted by atomic mass is 10.2. The van der Waals surface area contributed by atoms with E-state index >= 15 is 0 Å². The van der Waals surface area contributed by atoms with Crippen LogP contribution in [0.2, 0.25) is 0 Å². The Morgan fingerprint density at radius 2 is 2.00 bits per heavy atom. The summed E-state index contributed by atoms with van der Waals surface area (Å²) in [5, 5.41) is 7.92. The van der Waals surface area contributed by atoms with Crippen molar-refractivity contribution in [3.63, 3.8) is 0 Å². The first-order valence-electron chi connectivity index (χ1n) is 6.69. The number of hydrogen-bond acceptors (Lipinski definition) is 4. The third-order valence-corrected chi connectivity index (χ3v) is 2.93. The molecule has 0 unspecified atom stereocenters. The van der Waals surface area contributed by atoms with Gasteiger partial charge < -0.3 is 4.74 Å². The van der Waals surface area contributed by atoms with Gasteiger partial charge in [0.05, 0.1) is 5.69 Å². The molecular formula is C15H19N3O2. The minimum Gasteiger partial charge on any atom is -0.456 e. The molecule has 5 nitrogen and oxygen atoms in total. The fourth-order valence-corrected chi connectivity index (χ4v) is 1.86. The zero-order valence-corrected chi connectivity index (χ0v) is 12.0. The van der Waals surface area contributed by atoms with Gasteiger partial charge in [0.2, 0.25) is 0 Å². The van der Waals surface area contributed by atoms with Crippen molar-refractivity contribution >= 4 is 5.97 Å². The standard InChI is InChI=1S/C15H19N3O2/c1-11(2)9-18-12(3)14(16-17-18)15(19)20-10-13-7-5-4-6-8-13/h4-8,11H,9-10H2,1-3H3. The summed E-state index contributed by atoms with van der Waals surface area (Å²) in [7, 11) is 0. The summed E-state index contributed by atoms with van der Waals surface area (Å²) in [5.74, 6) is 0.0185. The Labute approximate surface area is 118 Å². The second-order valence-electron chi connectivity index (χ2n) is 5.16. The molecule has 5 heteroatoms. The van der Waals surface area contributed by atoms with Crippen LogP contribution in [0.25, 0.3) is 0 Å². The smallest absolute Gasteiger partial charge is 0.361 e. The number of hydrogen-bond donors (Lipinski definition) is 0. The van der Waals surface area contributed by atoms with E-state index in [2.05, 4.69) is 24.2 Å². The second kappa shape index (κ2) is 6.32. The van der Waals surface area contributed by atoms with Crippen molar-refractivity contribution < 1.29 is 9.53 Å². The van der Waals surface area contributed by atoms with E-state index < -0.39 is 5.97 Å². The lowest BCUT2D eigenvalue weighted by molar-refractivity contribution is 0.0464. The van der Waals surface area contributed by atoms with E-state index in [1.807, 2.05) is 37.3 Å². The van der Waals surface area contributed by atoms with Gasteiger partial charge in [-0.3, -0.25) is 0 Å². The van der Waals surface area contributed by atoms with Crippen molar-refractivity contribution in [1.82, 2.24) is 15.0 Å². The fourth-order valence-electron chi connectivity index (χ4n) is 1.86. The summed E-state index contributed by atoms with van der Waals surface area (Å²) in [6.07, 6.45) is 0. The molecule has 1 aromatic carbocycles. The molecule has 0 aliphatic rings. The largest absolute Gasteiger partial charge is 0.456 e. The van der Waals surface area contributed by atoms with E-state index in [1.54, 1.807) is 4.68 Å². The Morgan fingerprint density at radius 1 is 1.30 bits per heavy atom. The van der Waals surface area contributed by atoms with Crippen LogP contribution in [0.4, 0.5) is 0 Å². The van der Waals surface area contributed by atoms with Gasteiger partial charge in [-0.05, 0) is 18.4 Å². The molecule has 0 saturated carbocycles. The highest BCUT2D eigenvalue weighted by atomic mass is 16.5. The van der Waals surface area contributed by atoms with Crippen LogP contribution in [-0.4, -0.2) is 21.0 Å². The number of rotatable bonds is 5. The minimum absolute atomic E-state index is 0.246. The summed E-state index contributed by atoms with van der Waals surface area (Å²) < 4.78 is 7.00. The molecule has 1 aromatic heterocycles. The highest BCUT2D eigenvalue weighted by Gasteiger charge is 2.18. The molecule has 0 radical (unpaired) electrons. The zero-order chi connectivity index (χ0) is 14.5. The maximum Gasteiger partial charge on any atom is 0.361 e. The van der Waals surface area contributed by atoms with Gasteiger partial charge in [0, 0.05) is 6.54 Å². The minimum atomic E-state index is -0.429. The van der Waals surface area contributed by atoms with Crippen molar-refractivity contribution in [3.8, 4) is 0 Å². The second-order valence-corrected chi connectivity index (χ2v) is 5.16. The van der Waals surface area contributed by atoms with E-state index in [0.29, 0.717) is 11.6 Å². The Morgan fingerprint density at radius 3 is 2.65 bits per heavy atom. The Balaban J connectivity index is 2.01. The SMILES string of the molecule is Cc1c(C(=O)OCc2ccccc2)nnn1CC(C)C. The normalized spacial score (nSPS) is 10.8. The number of carbonyl (C=O) groups is 1. The summed E-state index contributed by atoms with van der Waals surface area (Å²) in [5.41, 5.74) is 1.99. The van der Waals surface area contributed by atoms with E-state index in [-0.39, 0.29) is 6.61 Å². The molecule has 0 saturated heterocycles. The summed E-state index contributed by atoms with van der Waals surface area (Å²) in [4.78, 5) is 12.0. The molecule has 0 bridgehead atoms. The number of esters is 1. The molecule has 2 aromatic rings. The van der Waals surface area contributed by atoms with Crippen LogP contribution in [0.3, 0.4) is 0 Å². The van der Waals surface area contributed by atoms with Crippen LogP contribution in [-0.2, 0) is 17.9 Å². The maximum atomic E-state index is 12.0. The van der Waals surface area contributed by atoms with Crippen LogP contribution >= 0.6 is 0 Å².